The van der Waals surface area contributed by atoms with E-state index in [0.717, 1.165) is 36.9 Å². The Morgan fingerprint density at radius 3 is 2.53 bits per heavy atom. The number of aromatic nitrogens is 1. The maximum atomic E-state index is 13.9. The summed E-state index contributed by atoms with van der Waals surface area (Å²) < 4.78 is 13.1. The van der Waals surface area contributed by atoms with Gasteiger partial charge in [-0.25, -0.2) is 0 Å². The number of ether oxygens (including phenoxy) is 1. The molecule has 1 N–H and O–H groups in total. The van der Waals surface area contributed by atoms with Gasteiger partial charge in [-0.1, -0.05) is 32.1 Å². The minimum Gasteiger partial charge on any atom is -0.494 e. The third-order valence-electron chi connectivity index (χ3n) is 7.24. The molecule has 7 heteroatoms. The van der Waals surface area contributed by atoms with Gasteiger partial charge in [0.2, 0.25) is 5.91 Å². The fraction of sp³-hybridized carbons (Fsp3) is 0.481. The number of carbonyl (C=O) groups excluding carboxylic acids is 2. The van der Waals surface area contributed by atoms with Crippen molar-refractivity contribution >= 4 is 28.6 Å². The average Bonchev–Trinajstić information content (AvgIpc) is 3.39. The van der Waals surface area contributed by atoms with Gasteiger partial charge in [0.05, 0.1) is 24.9 Å². The van der Waals surface area contributed by atoms with Crippen molar-refractivity contribution in [2.45, 2.75) is 76.9 Å². The zero-order chi connectivity index (χ0) is 23.7. The number of anilines is 1. The van der Waals surface area contributed by atoms with E-state index in [2.05, 4.69) is 5.32 Å². The first-order chi connectivity index (χ1) is 16.5. The van der Waals surface area contributed by atoms with E-state index in [1.165, 1.54) is 19.3 Å². The minimum absolute atomic E-state index is 0.115. The molecule has 3 heterocycles. The molecular weight excluding hydrogens is 430 g/mol. The Hall–Kier alpha value is -3.22. The summed E-state index contributed by atoms with van der Waals surface area (Å²) in [6.07, 6.45) is 9.54. The van der Waals surface area contributed by atoms with E-state index < -0.39 is 5.54 Å². The van der Waals surface area contributed by atoms with Crippen LogP contribution in [0.2, 0.25) is 0 Å². The number of rotatable bonds is 5. The van der Waals surface area contributed by atoms with Crippen molar-refractivity contribution in [3.8, 4) is 5.75 Å². The van der Waals surface area contributed by atoms with Crippen molar-refractivity contribution in [2.75, 3.05) is 11.5 Å². The van der Waals surface area contributed by atoms with Gasteiger partial charge in [0.1, 0.15) is 17.0 Å². The lowest BCUT2D eigenvalue weighted by Crippen LogP contribution is -2.65. The molecule has 7 nitrogen and oxygen atoms in total. The van der Waals surface area contributed by atoms with Gasteiger partial charge in [-0.05, 0) is 51.0 Å². The smallest absolute Gasteiger partial charge is 0.276 e. The molecule has 1 aromatic carbocycles. The van der Waals surface area contributed by atoms with Gasteiger partial charge in [0.25, 0.3) is 5.91 Å². The summed E-state index contributed by atoms with van der Waals surface area (Å²) in [5, 5.41) is 3.32. The number of hydrogen-bond donors (Lipinski definition) is 1. The Morgan fingerprint density at radius 1 is 1.12 bits per heavy atom. The number of hydrogen-bond acceptors (Lipinski definition) is 4. The van der Waals surface area contributed by atoms with Crippen molar-refractivity contribution < 1.29 is 18.7 Å². The number of fused-ring (bicyclic) bond motifs is 3. The zero-order valence-electron chi connectivity index (χ0n) is 20.0. The fourth-order valence-corrected chi connectivity index (χ4v) is 5.42. The first kappa shape index (κ1) is 22.6. The maximum Gasteiger partial charge on any atom is 0.276 e. The summed E-state index contributed by atoms with van der Waals surface area (Å²) >= 11 is 0. The van der Waals surface area contributed by atoms with Gasteiger partial charge < -0.3 is 19.0 Å². The fourth-order valence-electron chi connectivity index (χ4n) is 5.42. The van der Waals surface area contributed by atoms with Gasteiger partial charge in [0.15, 0.2) is 5.58 Å². The van der Waals surface area contributed by atoms with E-state index in [1.54, 1.807) is 17.2 Å². The predicted octanol–water partition coefficient (Wildman–Crippen LogP) is 5.28. The molecule has 3 aromatic rings. The molecule has 1 aliphatic heterocycles. The monoisotopic (exact) mass is 463 g/mol. The number of carbonyl (C=O) groups is 2. The molecule has 0 saturated heterocycles. The van der Waals surface area contributed by atoms with Crippen LogP contribution < -0.4 is 15.0 Å². The maximum absolute atomic E-state index is 13.9. The Labute approximate surface area is 200 Å². The highest BCUT2D eigenvalue weighted by Crippen LogP contribution is 2.37. The van der Waals surface area contributed by atoms with E-state index in [1.807, 2.05) is 48.7 Å². The number of nitrogens with one attached hydrogen (secondary N) is 1. The van der Waals surface area contributed by atoms with E-state index in [4.69, 9.17) is 9.15 Å². The van der Waals surface area contributed by atoms with Crippen molar-refractivity contribution in [1.82, 2.24) is 9.88 Å². The lowest BCUT2D eigenvalue weighted by atomic mass is 9.91. The number of furan rings is 1. The normalized spacial score (nSPS) is 21.7. The summed E-state index contributed by atoms with van der Waals surface area (Å²) in [4.78, 5) is 29.4. The van der Waals surface area contributed by atoms with E-state index >= 15 is 0 Å². The number of nitrogens with zero attached hydrogens (tertiary/aromatic N) is 2. The van der Waals surface area contributed by atoms with Crippen molar-refractivity contribution in [1.29, 1.82) is 0 Å². The standard InChI is InChI=1S/C27H33N3O4/c1-3-33-21-13-11-20(12-14-21)30-25(31)23-17-24-22(15-16-34-24)29(23)18-27(30,2)26(32)28-19-9-7-5-4-6-8-10-19/h11-17,19H,3-10,18H2,1-2H3,(H,28,32)/t27-/m1/s1. The Kier molecular flexibility index (Phi) is 6.11. The van der Waals surface area contributed by atoms with E-state index in [-0.39, 0.29) is 17.9 Å². The molecule has 0 spiro atoms. The van der Waals surface area contributed by atoms with Crippen LogP contribution in [0.25, 0.3) is 11.1 Å². The van der Waals surface area contributed by atoms with E-state index in [9.17, 15) is 9.59 Å². The van der Waals surface area contributed by atoms with Crippen LogP contribution in [-0.4, -0.2) is 34.6 Å². The van der Waals surface area contributed by atoms with Crippen LogP contribution >= 0.6 is 0 Å². The summed E-state index contributed by atoms with van der Waals surface area (Å²) in [7, 11) is 0. The summed E-state index contributed by atoms with van der Waals surface area (Å²) in [5.74, 6) is 0.408. The van der Waals surface area contributed by atoms with Crippen LogP contribution in [0.3, 0.4) is 0 Å². The van der Waals surface area contributed by atoms with E-state index in [0.29, 0.717) is 30.1 Å². The van der Waals surface area contributed by atoms with Gasteiger partial charge in [-0.2, -0.15) is 0 Å². The molecule has 1 aliphatic carbocycles. The molecule has 1 atom stereocenters. The minimum atomic E-state index is -1.09. The van der Waals surface area contributed by atoms with Crippen molar-refractivity contribution in [2.24, 2.45) is 0 Å². The highest BCUT2D eigenvalue weighted by atomic mass is 16.5. The molecular formula is C27H33N3O4. The molecule has 0 bridgehead atoms. The molecule has 2 aromatic heterocycles. The molecule has 1 fully saturated rings. The third-order valence-corrected chi connectivity index (χ3v) is 7.24. The van der Waals surface area contributed by atoms with Crippen molar-refractivity contribution in [3.05, 3.63) is 48.4 Å². The second-order valence-electron chi connectivity index (χ2n) is 9.64. The number of benzene rings is 1. The molecule has 2 amide bonds. The van der Waals surface area contributed by atoms with Crippen LogP contribution in [0.5, 0.6) is 5.75 Å². The molecule has 180 valence electrons. The average molecular weight is 464 g/mol. The SMILES string of the molecule is CCOc1ccc(N2C(=O)c3cc4occc4n3C[C@]2(C)C(=O)NC2CCCCCCC2)cc1. The second-order valence-corrected chi connectivity index (χ2v) is 9.64. The first-order valence-electron chi connectivity index (χ1n) is 12.5. The predicted molar refractivity (Wildman–Crippen MR) is 131 cm³/mol. The Bertz CT molecular complexity index is 1170. The number of amides is 2. The molecule has 1 saturated carbocycles. The van der Waals surface area contributed by atoms with Crippen molar-refractivity contribution in [3.63, 3.8) is 0 Å². The molecule has 34 heavy (non-hydrogen) atoms. The Balaban J connectivity index is 1.52. The molecule has 0 unspecified atom stereocenters. The highest BCUT2D eigenvalue weighted by molar-refractivity contribution is 6.13. The molecule has 0 radical (unpaired) electrons. The third kappa shape index (κ3) is 3.97. The zero-order valence-corrected chi connectivity index (χ0v) is 20.0. The van der Waals surface area contributed by atoms with Gasteiger partial charge >= 0.3 is 0 Å². The Morgan fingerprint density at radius 2 is 1.82 bits per heavy atom. The summed E-state index contributed by atoms with van der Waals surface area (Å²) in [6, 6.07) is 11.2. The van der Waals surface area contributed by atoms with Crippen LogP contribution in [0.4, 0.5) is 5.69 Å². The van der Waals surface area contributed by atoms with Crippen LogP contribution in [0.15, 0.2) is 47.1 Å². The van der Waals surface area contributed by atoms with Crippen LogP contribution in [0.1, 0.15) is 69.3 Å². The summed E-state index contributed by atoms with van der Waals surface area (Å²) in [5.41, 5.74) is 1.59. The quantitative estimate of drug-likeness (QED) is 0.558. The first-order valence-corrected chi connectivity index (χ1v) is 12.5. The summed E-state index contributed by atoms with van der Waals surface area (Å²) in [6.45, 7) is 4.72. The lowest BCUT2D eigenvalue weighted by molar-refractivity contribution is -0.127. The molecule has 2 aliphatic rings. The van der Waals surface area contributed by atoms with Gasteiger partial charge in [-0.15, -0.1) is 0 Å². The largest absolute Gasteiger partial charge is 0.494 e. The molecule has 5 rings (SSSR count). The second kappa shape index (κ2) is 9.20. The topological polar surface area (TPSA) is 76.7 Å². The van der Waals surface area contributed by atoms with Gasteiger partial charge in [0, 0.05) is 23.9 Å². The highest BCUT2D eigenvalue weighted by Gasteiger charge is 2.49. The lowest BCUT2D eigenvalue weighted by Gasteiger charge is -2.44. The van der Waals surface area contributed by atoms with Crippen LogP contribution in [-0.2, 0) is 11.3 Å². The van der Waals surface area contributed by atoms with Gasteiger partial charge in [-0.3, -0.25) is 14.5 Å². The van der Waals surface area contributed by atoms with Crippen LogP contribution in [0, 0.1) is 0 Å².